The maximum absolute atomic E-state index is 13.6. The van der Waals surface area contributed by atoms with Gasteiger partial charge in [0.25, 0.3) is 11.8 Å². The minimum absolute atomic E-state index is 0.00174. The van der Waals surface area contributed by atoms with Crippen LogP contribution in [-0.2, 0) is 9.59 Å². The summed E-state index contributed by atoms with van der Waals surface area (Å²) in [6.45, 7) is 0. The van der Waals surface area contributed by atoms with Crippen LogP contribution in [0.4, 0.5) is 11.4 Å². The summed E-state index contributed by atoms with van der Waals surface area (Å²) in [6, 6.07) is 28.6. The van der Waals surface area contributed by atoms with E-state index in [4.69, 9.17) is 9.47 Å². The molecule has 222 valence electrons. The molecule has 44 heavy (non-hydrogen) atoms. The topological polar surface area (TPSA) is 122 Å². The van der Waals surface area contributed by atoms with E-state index in [0.29, 0.717) is 34.0 Å². The first kappa shape index (κ1) is 30.0. The highest BCUT2D eigenvalue weighted by molar-refractivity contribution is 8.00. The molecule has 0 spiro atoms. The molecular formula is C34H30N4O5S. The van der Waals surface area contributed by atoms with Crippen molar-refractivity contribution >= 4 is 57.8 Å². The molecule has 4 N–H and O–H groups in total. The molecule has 0 saturated carbocycles. The predicted molar refractivity (Wildman–Crippen MR) is 174 cm³/mol. The predicted octanol–water partition coefficient (Wildman–Crippen LogP) is 6.33. The monoisotopic (exact) mass is 606 g/mol. The molecule has 5 rings (SSSR count). The molecule has 0 aliphatic carbocycles. The Bertz CT molecular complexity index is 1830. The zero-order valence-electron chi connectivity index (χ0n) is 24.0. The van der Waals surface area contributed by atoms with Gasteiger partial charge < -0.3 is 30.4 Å². The summed E-state index contributed by atoms with van der Waals surface area (Å²) in [5.41, 5.74) is 3.08. The summed E-state index contributed by atoms with van der Waals surface area (Å²) in [7, 11) is 3.02. The smallest absolute Gasteiger partial charge is 0.272 e. The van der Waals surface area contributed by atoms with Gasteiger partial charge >= 0.3 is 0 Å². The molecule has 1 heterocycles. The van der Waals surface area contributed by atoms with Crippen molar-refractivity contribution in [3.05, 3.63) is 120 Å². The molecule has 0 radical (unpaired) electrons. The number of rotatable bonds is 11. The quantitative estimate of drug-likeness (QED) is 0.103. The first-order valence-electron chi connectivity index (χ1n) is 13.6. The van der Waals surface area contributed by atoms with Gasteiger partial charge in [0.1, 0.15) is 5.70 Å². The second-order valence-corrected chi connectivity index (χ2v) is 10.6. The van der Waals surface area contributed by atoms with Gasteiger partial charge in [-0.2, -0.15) is 0 Å². The minimum Gasteiger partial charge on any atom is -0.493 e. The summed E-state index contributed by atoms with van der Waals surface area (Å²) < 4.78 is 10.9. The van der Waals surface area contributed by atoms with Crippen molar-refractivity contribution in [1.29, 1.82) is 0 Å². The fourth-order valence-corrected chi connectivity index (χ4v) is 5.21. The Morgan fingerprint density at radius 2 is 1.61 bits per heavy atom. The van der Waals surface area contributed by atoms with E-state index in [2.05, 4.69) is 20.9 Å². The van der Waals surface area contributed by atoms with E-state index in [9.17, 15) is 14.4 Å². The Balaban J connectivity index is 1.30. The molecule has 0 unspecified atom stereocenters. The van der Waals surface area contributed by atoms with E-state index in [1.54, 1.807) is 66.7 Å². The van der Waals surface area contributed by atoms with Crippen LogP contribution in [0.2, 0.25) is 0 Å². The van der Waals surface area contributed by atoms with E-state index >= 15 is 0 Å². The molecule has 3 amide bonds. The Morgan fingerprint density at radius 1 is 0.818 bits per heavy atom. The lowest BCUT2D eigenvalue weighted by Crippen LogP contribution is -2.30. The van der Waals surface area contributed by atoms with Gasteiger partial charge in [-0.15, -0.1) is 11.8 Å². The van der Waals surface area contributed by atoms with Crippen LogP contribution >= 0.6 is 11.8 Å². The normalized spacial score (nSPS) is 11.1. The van der Waals surface area contributed by atoms with Crippen LogP contribution < -0.4 is 25.4 Å². The molecule has 0 aliphatic heterocycles. The molecule has 4 aromatic carbocycles. The van der Waals surface area contributed by atoms with Gasteiger partial charge in [0.05, 0.1) is 20.0 Å². The molecule has 5 aromatic rings. The van der Waals surface area contributed by atoms with Gasteiger partial charge in [0.15, 0.2) is 11.5 Å². The van der Waals surface area contributed by atoms with Crippen molar-refractivity contribution < 1.29 is 23.9 Å². The molecule has 0 atom stereocenters. The maximum Gasteiger partial charge on any atom is 0.272 e. The van der Waals surface area contributed by atoms with Crippen molar-refractivity contribution in [3.63, 3.8) is 0 Å². The van der Waals surface area contributed by atoms with Gasteiger partial charge in [-0.05, 0) is 66.1 Å². The van der Waals surface area contributed by atoms with E-state index in [1.807, 2.05) is 36.5 Å². The van der Waals surface area contributed by atoms with Gasteiger partial charge in [-0.25, -0.2) is 0 Å². The van der Waals surface area contributed by atoms with E-state index in [-0.39, 0.29) is 17.4 Å². The second kappa shape index (κ2) is 14.1. The third-order valence-corrected chi connectivity index (χ3v) is 7.56. The Hall–Kier alpha value is -5.48. The molecule has 0 aliphatic rings. The Morgan fingerprint density at radius 3 is 2.41 bits per heavy atom. The number of amides is 3. The molecule has 10 heteroatoms. The number of carbonyl (C=O) groups excluding carboxylic acids is 3. The third-order valence-electron chi connectivity index (χ3n) is 6.56. The van der Waals surface area contributed by atoms with Crippen LogP contribution in [0.3, 0.4) is 0 Å². The molecular weight excluding hydrogens is 576 g/mol. The highest BCUT2D eigenvalue weighted by Gasteiger charge is 2.18. The number of aromatic amines is 1. The first-order valence-corrected chi connectivity index (χ1v) is 14.6. The van der Waals surface area contributed by atoms with E-state index in [0.717, 1.165) is 15.8 Å². The summed E-state index contributed by atoms with van der Waals surface area (Å²) in [4.78, 5) is 43.1. The average Bonchev–Trinajstić information content (AvgIpc) is 3.52. The zero-order valence-corrected chi connectivity index (χ0v) is 24.9. The van der Waals surface area contributed by atoms with Crippen LogP contribution in [0.1, 0.15) is 15.9 Å². The number of thioether (sulfide) groups is 1. The lowest BCUT2D eigenvalue weighted by Gasteiger charge is -2.14. The van der Waals surface area contributed by atoms with Crippen LogP contribution in [0.25, 0.3) is 17.0 Å². The number of para-hydroxylation sites is 1. The zero-order chi connectivity index (χ0) is 30.9. The standard InChI is InChI=1S/C34H30N4O5S/c1-42-30-13-6-10-24(32(30)43-2)18-29(38-33(40)23-8-4-3-5-9-23)34(41)37-25-11-7-12-27(19-25)44-21-31(39)36-26-15-14-22-16-17-35-28(22)20-26/h3-20,35H,21H2,1-2H3,(H,36,39)(H,37,41)(H,38,40)/b29-18+. The molecule has 0 saturated heterocycles. The van der Waals surface area contributed by atoms with Crippen molar-refractivity contribution in [1.82, 2.24) is 10.3 Å². The lowest BCUT2D eigenvalue weighted by molar-refractivity contribution is -0.114. The number of H-pyrrole nitrogens is 1. The highest BCUT2D eigenvalue weighted by Crippen LogP contribution is 2.32. The number of hydrogen-bond acceptors (Lipinski definition) is 6. The number of hydrogen-bond donors (Lipinski definition) is 4. The molecule has 1 aromatic heterocycles. The summed E-state index contributed by atoms with van der Waals surface area (Å²) in [5.74, 6) is -0.0730. The second-order valence-electron chi connectivity index (χ2n) is 9.56. The van der Waals surface area contributed by atoms with Crippen molar-refractivity contribution in [3.8, 4) is 11.5 Å². The van der Waals surface area contributed by atoms with Crippen LogP contribution in [0, 0.1) is 0 Å². The van der Waals surface area contributed by atoms with Crippen LogP contribution in [-0.4, -0.2) is 42.7 Å². The van der Waals surface area contributed by atoms with Gasteiger partial charge in [-0.1, -0.05) is 42.5 Å². The molecule has 9 nitrogen and oxygen atoms in total. The maximum atomic E-state index is 13.6. The van der Waals surface area contributed by atoms with Gasteiger partial charge in [0, 0.05) is 39.1 Å². The fourth-order valence-electron chi connectivity index (χ4n) is 4.46. The number of fused-ring (bicyclic) bond motifs is 1. The fraction of sp³-hybridized carbons (Fsp3) is 0.0882. The van der Waals surface area contributed by atoms with Crippen molar-refractivity contribution in [2.24, 2.45) is 0 Å². The van der Waals surface area contributed by atoms with Gasteiger partial charge in [0.2, 0.25) is 5.91 Å². The number of carbonyl (C=O) groups is 3. The van der Waals surface area contributed by atoms with E-state index in [1.165, 1.54) is 32.1 Å². The Labute approximate surface area is 258 Å². The van der Waals surface area contributed by atoms with Crippen LogP contribution in [0.15, 0.2) is 114 Å². The number of ether oxygens (including phenoxy) is 2. The lowest BCUT2D eigenvalue weighted by atomic mass is 10.1. The minimum atomic E-state index is -0.543. The largest absolute Gasteiger partial charge is 0.493 e. The summed E-state index contributed by atoms with van der Waals surface area (Å²) in [5, 5.41) is 9.57. The number of methoxy groups -OCH3 is 2. The third kappa shape index (κ3) is 7.47. The average molecular weight is 607 g/mol. The number of anilines is 2. The highest BCUT2D eigenvalue weighted by atomic mass is 32.2. The molecule has 0 fully saturated rings. The van der Waals surface area contributed by atoms with Gasteiger partial charge in [-0.3, -0.25) is 14.4 Å². The number of nitrogens with one attached hydrogen (secondary N) is 4. The first-order chi connectivity index (χ1) is 21.4. The van der Waals surface area contributed by atoms with Crippen molar-refractivity contribution in [2.75, 3.05) is 30.6 Å². The number of benzene rings is 4. The van der Waals surface area contributed by atoms with E-state index < -0.39 is 11.8 Å². The summed E-state index contributed by atoms with van der Waals surface area (Å²) >= 11 is 1.34. The SMILES string of the molecule is COc1cccc(/C=C(/NC(=O)c2ccccc2)C(=O)Nc2cccc(SCC(=O)Nc3ccc4cc[nH]c4c3)c2)c1OC. The Kier molecular flexibility index (Phi) is 9.63. The number of aromatic nitrogens is 1. The van der Waals surface area contributed by atoms with Crippen LogP contribution in [0.5, 0.6) is 11.5 Å². The summed E-state index contributed by atoms with van der Waals surface area (Å²) in [6.07, 6.45) is 3.38. The van der Waals surface area contributed by atoms with Crippen molar-refractivity contribution in [2.45, 2.75) is 4.90 Å². The molecule has 0 bridgehead atoms.